The molecule has 4 heteroatoms. The van der Waals surface area contributed by atoms with Crippen molar-refractivity contribution in [3.63, 3.8) is 0 Å². The van der Waals surface area contributed by atoms with Gasteiger partial charge >= 0.3 is 0 Å². The third-order valence-electron chi connectivity index (χ3n) is 3.45. The van der Waals surface area contributed by atoms with Crippen molar-refractivity contribution in [2.45, 2.75) is 33.1 Å². The van der Waals surface area contributed by atoms with E-state index < -0.39 is 0 Å². The molecule has 106 valence electrons. The molecule has 0 amide bonds. The van der Waals surface area contributed by atoms with Gasteiger partial charge in [-0.05, 0) is 30.5 Å². The van der Waals surface area contributed by atoms with E-state index in [9.17, 15) is 9.90 Å². The second kappa shape index (κ2) is 6.27. The maximum atomic E-state index is 12.0. The van der Waals surface area contributed by atoms with E-state index in [-0.39, 0.29) is 11.3 Å². The third kappa shape index (κ3) is 2.96. The maximum Gasteiger partial charge on any atom is 0.255 e. The van der Waals surface area contributed by atoms with Gasteiger partial charge in [-0.3, -0.25) is 4.79 Å². The Morgan fingerprint density at radius 1 is 1.20 bits per heavy atom. The largest absolute Gasteiger partial charge is 0.507 e. The van der Waals surface area contributed by atoms with E-state index in [0.29, 0.717) is 24.8 Å². The number of benzene rings is 1. The lowest BCUT2D eigenvalue weighted by Crippen LogP contribution is -2.17. The Labute approximate surface area is 126 Å². The number of H-pyrrole nitrogens is 1. The summed E-state index contributed by atoms with van der Waals surface area (Å²) in [5.74, 6) is 0.156. The van der Waals surface area contributed by atoms with E-state index in [4.69, 9.17) is 0 Å². The summed E-state index contributed by atoms with van der Waals surface area (Å²) in [5, 5.41) is 10.3. The molecule has 1 aromatic carbocycles. The summed E-state index contributed by atoms with van der Waals surface area (Å²) in [5.41, 5.74) is 3.01. The number of hydrogen-bond donors (Lipinski definition) is 2. The highest BCUT2D eigenvalue weighted by Gasteiger charge is 2.14. The van der Waals surface area contributed by atoms with Crippen LogP contribution < -0.4 is 5.56 Å². The summed E-state index contributed by atoms with van der Waals surface area (Å²) < 4.78 is 1.00. The number of aromatic nitrogens is 1. The van der Waals surface area contributed by atoms with Crippen molar-refractivity contribution in [3.8, 4) is 5.75 Å². The summed E-state index contributed by atoms with van der Waals surface area (Å²) >= 11 is 3.44. The van der Waals surface area contributed by atoms with Crippen LogP contribution in [0.25, 0.3) is 0 Å². The number of aromatic hydroxyl groups is 1. The monoisotopic (exact) mass is 335 g/mol. The lowest BCUT2D eigenvalue weighted by molar-refractivity contribution is 0.458. The lowest BCUT2D eigenvalue weighted by Gasteiger charge is -2.13. The van der Waals surface area contributed by atoms with Crippen LogP contribution in [0.4, 0.5) is 0 Å². The predicted octanol–water partition coefficient (Wildman–Crippen LogP) is 3.56. The first kappa shape index (κ1) is 14.9. The Morgan fingerprint density at radius 2 is 1.90 bits per heavy atom. The van der Waals surface area contributed by atoms with E-state index in [0.717, 1.165) is 21.3 Å². The first-order valence-electron chi connectivity index (χ1n) is 6.77. The van der Waals surface area contributed by atoms with Crippen LogP contribution in [-0.2, 0) is 19.3 Å². The first-order valence-corrected chi connectivity index (χ1v) is 7.56. The predicted molar refractivity (Wildman–Crippen MR) is 84.4 cm³/mol. The van der Waals surface area contributed by atoms with E-state index >= 15 is 0 Å². The zero-order chi connectivity index (χ0) is 14.7. The first-order chi connectivity index (χ1) is 9.56. The van der Waals surface area contributed by atoms with Crippen molar-refractivity contribution in [2.75, 3.05) is 0 Å². The summed E-state index contributed by atoms with van der Waals surface area (Å²) in [4.78, 5) is 14.9. The molecule has 1 heterocycles. The number of pyridine rings is 1. The van der Waals surface area contributed by atoms with Crippen LogP contribution in [0.1, 0.15) is 36.2 Å². The highest BCUT2D eigenvalue weighted by atomic mass is 79.9. The van der Waals surface area contributed by atoms with Crippen molar-refractivity contribution in [1.82, 2.24) is 4.98 Å². The molecule has 20 heavy (non-hydrogen) atoms. The minimum Gasteiger partial charge on any atom is -0.507 e. The van der Waals surface area contributed by atoms with Gasteiger partial charge in [0.05, 0.1) is 5.56 Å². The molecular weight excluding hydrogens is 318 g/mol. The SMILES string of the molecule is CCc1c(Cc2cccc(Br)c2)[nH]c(=O)c(CC)c1O. The van der Waals surface area contributed by atoms with Crippen LogP contribution in [0.15, 0.2) is 33.5 Å². The number of aromatic amines is 1. The number of halogens is 1. The fourth-order valence-electron chi connectivity index (χ4n) is 2.43. The standard InChI is InChI=1S/C16H18BrNO2/c1-3-12-14(9-10-6-5-7-11(17)8-10)18-16(20)13(4-2)15(12)19/h5-8H,3-4,9H2,1-2H3,(H2,18,19,20). The molecular formula is C16H18BrNO2. The Morgan fingerprint density at radius 3 is 2.50 bits per heavy atom. The molecule has 0 fully saturated rings. The van der Waals surface area contributed by atoms with E-state index in [2.05, 4.69) is 20.9 Å². The van der Waals surface area contributed by atoms with Gasteiger partial charge in [-0.25, -0.2) is 0 Å². The molecule has 0 unspecified atom stereocenters. The Kier molecular flexibility index (Phi) is 4.65. The molecule has 0 bridgehead atoms. The number of rotatable bonds is 4. The molecule has 2 rings (SSSR count). The van der Waals surface area contributed by atoms with E-state index in [1.165, 1.54) is 0 Å². The Balaban J connectivity index is 2.49. The van der Waals surface area contributed by atoms with E-state index in [1.807, 2.05) is 38.1 Å². The zero-order valence-corrected chi connectivity index (χ0v) is 13.3. The summed E-state index contributed by atoms with van der Waals surface area (Å²) in [6.07, 6.45) is 1.83. The van der Waals surface area contributed by atoms with Gasteiger partial charge in [-0.15, -0.1) is 0 Å². The second-order valence-corrected chi connectivity index (χ2v) is 5.67. The van der Waals surface area contributed by atoms with Gasteiger partial charge in [-0.1, -0.05) is 41.9 Å². The minimum absolute atomic E-state index is 0.156. The molecule has 1 aromatic heterocycles. The number of hydrogen-bond acceptors (Lipinski definition) is 2. The minimum atomic E-state index is -0.188. The van der Waals surface area contributed by atoms with Crippen molar-refractivity contribution >= 4 is 15.9 Å². The van der Waals surface area contributed by atoms with Crippen LogP contribution >= 0.6 is 15.9 Å². The van der Waals surface area contributed by atoms with Gasteiger partial charge in [-0.2, -0.15) is 0 Å². The molecule has 2 aromatic rings. The van der Waals surface area contributed by atoms with Gasteiger partial charge in [0.15, 0.2) is 0 Å². The molecule has 0 radical (unpaired) electrons. The van der Waals surface area contributed by atoms with Crippen LogP contribution in [0, 0.1) is 0 Å². The molecule has 0 aliphatic rings. The van der Waals surface area contributed by atoms with Crippen LogP contribution in [-0.4, -0.2) is 10.1 Å². The van der Waals surface area contributed by atoms with Gasteiger partial charge in [0, 0.05) is 22.2 Å². The lowest BCUT2D eigenvalue weighted by atomic mass is 10.00. The molecule has 0 aliphatic carbocycles. The average molecular weight is 336 g/mol. The highest BCUT2D eigenvalue weighted by molar-refractivity contribution is 9.10. The van der Waals surface area contributed by atoms with E-state index in [1.54, 1.807) is 0 Å². The third-order valence-corrected chi connectivity index (χ3v) is 3.94. The Hall–Kier alpha value is -1.55. The number of nitrogens with one attached hydrogen (secondary N) is 1. The summed E-state index contributed by atoms with van der Waals surface area (Å²) in [7, 11) is 0. The fourth-order valence-corrected chi connectivity index (χ4v) is 2.88. The molecule has 0 aliphatic heterocycles. The maximum absolute atomic E-state index is 12.0. The van der Waals surface area contributed by atoms with Gasteiger partial charge in [0.1, 0.15) is 5.75 Å². The Bertz CT molecular complexity index is 677. The zero-order valence-electron chi connectivity index (χ0n) is 11.7. The van der Waals surface area contributed by atoms with Crippen molar-refractivity contribution in [3.05, 3.63) is 61.5 Å². The quantitative estimate of drug-likeness (QED) is 0.897. The van der Waals surface area contributed by atoms with Crippen LogP contribution in [0.3, 0.4) is 0 Å². The smallest absolute Gasteiger partial charge is 0.255 e. The topological polar surface area (TPSA) is 53.1 Å². The molecule has 0 spiro atoms. The fraction of sp³-hybridized carbons (Fsp3) is 0.312. The average Bonchev–Trinajstić information content (AvgIpc) is 2.39. The highest BCUT2D eigenvalue weighted by Crippen LogP contribution is 2.25. The van der Waals surface area contributed by atoms with Crippen molar-refractivity contribution in [2.24, 2.45) is 0 Å². The van der Waals surface area contributed by atoms with Crippen molar-refractivity contribution in [1.29, 1.82) is 0 Å². The normalized spacial score (nSPS) is 10.8. The van der Waals surface area contributed by atoms with Gasteiger partial charge in [0.2, 0.25) is 0 Å². The van der Waals surface area contributed by atoms with Crippen LogP contribution in [0.5, 0.6) is 5.75 Å². The molecule has 0 saturated heterocycles. The summed E-state index contributed by atoms with van der Waals surface area (Å²) in [6.45, 7) is 3.86. The van der Waals surface area contributed by atoms with Crippen LogP contribution in [0.2, 0.25) is 0 Å². The molecule has 0 atom stereocenters. The molecule has 3 nitrogen and oxygen atoms in total. The second-order valence-electron chi connectivity index (χ2n) is 4.75. The summed E-state index contributed by atoms with van der Waals surface area (Å²) in [6, 6.07) is 7.95. The van der Waals surface area contributed by atoms with Gasteiger partial charge < -0.3 is 10.1 Å². The van der Waals surface area contributed by atoms with Crippen molar-refractivity contribution < 1.29 is 5.11 Å². The van der Waals surface area contributed by atoms with Gasteiger partial charge in [0.25, 0.3) is 5.56 Å². The molecule has 0 saturated carbocycles. The molecule has 2 N–H and O–H groups in total.